The molecule has 0 aromatic heterocycles. The Morgan fingerprint density at radius 2 is 2.05 bits per heavy atom. The molecule has 1 unspecified atom stereocenters. The summed E-state index contributed by atoms with van der Waals surface area (Å²) in [5, 5.41) is 0. The molecule has 0 aliphatic carbocycles. The van der Waals surface area contributed by atoms with Crippen LogP contribution in [0, 0.1) is 0 Å². The van der Waals surface area contributed by atoms with Gasteiger partial charge >= 0.3 is 0 Å². The maximum atomic E-state index is 12.4. The van der Waals surface area contributed by atoms with Gasteiger partial charge in [-0.15, -0.1) is 0 Å². The van der Waals surface area contributed by atoms with E-state index in [1.807, 2.05) is 24.3 Å². The summed E-state index contributed by atoms with van der Waals surface area (Å²) in [4.78, 5) is 25.6. The van der Waals surface area contributed by atoms with Gasteiger partial charge in [0.15, 0.2) is 0 Å². The summed E-state index contributed by atoms with van der Waals surface area (Å²) in [6, 6.07) is 7.16. The summed E-state index contributed by atoms with van der Waals surface area (Å²) < 4.78 is 5.14. The second kappa shape index (κ2) is 6.69. The molecule has 1 aliphatic heterocycles. The molecule has 0 radical (unpaired) electrons. The lowest BCUT2D eigenvalue weighted by Gasteiger charge is -2.35. The van der Waals surface area contributed by atoms with Crippen LogP contribution in [0.3, 0.4) is 0 Å². The Morgan fingerprint density at radius 1 is 1.38 bits per heavy atom. The molecular weight excluding hydrogens is 270 g/mol. The topological polar surface area (TPSA) is 98.7 Å². The Morgan fingerprint density at radius 3 is 2.62 bits per heavy atom. The molecule has 21 heavy (non-hydrogen) atoms. The summed E-state index contributed by atoms with van der Waals surface area (Å²) >= 11 is 0. The van der Waals surface area contributed by atoms with E-state index >= 15 is 0 Å². The van der Waals surface area contributed by atoms with Crippen LogP contribution in [-0.4, -0.2) is 42.5 Å². The quantitative estimate of drug-likeness (QED) is 0.784. The van der Waals surface area contributed by atoms with E-state index in [9.17, 15) is 9.59 Å². The number of benzene rings is 1. The van der Waals surface area contributed by atoms with Crippen molar-refractivity contribution in [3.63, 3.8) is 0 Å². The molecule has 0 spiro atoms. The van der Waals surface area contributed by atoms with Crippen LogP contribution in [0.4, 0.5) is 0 Å². The second-order valence-electron chi connectivity index (χ2n) is 5.21. The minimum absolute atomic E-state index is 0.152. The fourth-order valence-electron chi connectivity index (χ4n) is 2.61. The van der Waals surface area contributed by atoms with Gasteiger partial charge < -0.3 is 21.1 Å². The lowest BCUT2D eigenvalue weighted by molar-refractivity contribution is -0.142. The molecule has 0 bridgehead atoms. The number of nitrogens with two attached hydrogens (primary N) is 2. The Labute approximate surface area is 124 Å². The van der Waals surface area contributed by atoms with Gasteiger partial charge in [-0.05, 0) is 11.1 Å². The predicted molar refractivity (Wildman–Crippen MR) is 78.1 cm³/mol. The van der Waals surface area contributed by atoms with Crippen molar-refractivity contribution in [1.29, 1.82) is 0 Å². The number of hydrogen-bond donors (Lipinski definition) is 2. The van der Waals surface area contributed by atoms with Crippen LogP contribution < -0.4 is 11.5 Å². The van der Waals surface area contributed by atoms with Gasteiger partial charge in [0.25, 0.3) is 0 Å². The summed E-state index contributed by atoms with van der Waals surface area (Å²) in [6.07, 6.45) is 0.263. The van der Waals surface area contributed by atoms with E-state index in [0.29, 0.717) is 13.0 Å². The molecule has 2 amide bonds. The van der Waals surface area contributed by atoms with Crippen molar-refractivity contribution in [3.05, 3.63) is 35.4 Å². The SMILES string of the molecule is COC(CN)CC(=O)N1Cc2ccccc2C[C@H]1C(N)=O. The van der Waals surface area contributed by atoms with Gasteiger partial charge in [0.2, 0.25) is 11.8 Å². The molecule has 2 rings (SSSR count). The van der Waals surface area contributed by atoms with E-state index in [1.54, 1.807) is 0 Å². The molecule has 0 fully saturated rings. The highest BCUT2D eigenvalue weighted by molar-refractivity contribution is 5.87. The Bertz CT molecular complexity index is 529. The van der Waals surface area contributed by atoms with Gasteiger partial charge in [-0.1, -0.05) is 24.3 Å². The minimum atomic E-state index is -0.609. The zero-order valence-electron chi connectivity index (χ0n) is 12.1. The first-order chi connectivity index (χ1) is 10.1. The number of methoxy groups -OCH3 is 1. The summed E-state index contributed by atoms with van der Waals surface area (Å²) in [5.41, 5.74) is 13.1. The molecule has 114 valence electrons. The number of carbonyl (C=O) groups is 2. The number of amides is 2. The van der Waals surface area contributed by atoms with E-state index in [2.05, 4.69) is 0 Å². The molecular formula is C15H21N3O3. The van der Waals surface area contributed by atoms with Crippen LogP contribution >= 0.6 is 0 Å². The van der Waals surface area contributed by atoms with Crippen molar-refractivity contribution >= 4 is 11.8 Å². The zero-order valence-corrected chi connectivity index (χ0v) is 12.1. The maximum Gasteiger partial charge on any atom is 0.240 e. The van der Waals surface area contributed by atoms with Crippen LogP contribution in [-0.2, 0) is 27.3 Å². The van der Waals surface area contributed by atoms with Crippen molar-refractivity contribution in [1.82, 2.24) is 4.90 Å². The van der Waals surface area contributed by atoms with Gasteiger partial charge in [-0.25, -0.2) is 0 Å². The first-order valence-corrected chi connectivity index (χ1v) is 6.95. The molecule has 0 saturated carbocycles. The van der Waals surface area contributed by atoms with Crippen molar-refractivity contribution < 1.29 is 14.3 Å². The highest BCUT2D eigenvalue weighted by Gasteiger charge is 2.33. The molecule has 0 saturated heterocycles. The predicted octanol–water partition coefficient (Wildman–Crippen LogP) is -0.211. The van der Waals surface area contributed by atoms with Crippen molar-refractivity contribution in [2.24, 2.45) is 11.5 Å². The third kappa shape index (κ3) is 3.40. The Kier molecular flexibility index (Phi) is 4.93. The molecule has 1 aromatic carbocycles. The van der Waals surface area contributed by atoms with Crippen LogP contribution in [0.5, 0.6) is 0 Å². The summed E-state index contributed by atoms with van der Waals surface area (Å²) in [5.74, 6) is -0.648. The van der Waals surface area contributed by atoms with Gasteiger partial charge in [0.05, 0.1) is 12.5 Å². The smallest absolute Gasteiger partial charge is 0.240 e. The van der Waals surface area contributed by atoms with Gasteiger partial charge in [-0.2, -0.15) is 0 Å². The van der Waals surface area contributed by atoms with Gasteiger partial charge in [0, 0.05) is 26.6 Å². The average Bonchev–Trinajstić information content (AvgIpc) is 2.50. The van der Waals surface area contributed by atoms with E-state index in [4.69, 9.17) is 16.2 Å². The minimum Gasteiger partial charge on any atom is -0.380 e. The van der Waals surface area contributed by atoms with E-state index in [-0.39, 0.29) is 25.0 Å². The summed E-state index contributed by atoms with van der Waals surface area (Å²) in [6.45, 7) is 0.650. The van der Waals surface area contributed by atoms with E-state index < -0.39 is 11.9 Å². The first kappa shape index (κ1) is 15.5. The third-order valence-corrected chi connectivity index (χ3v) is 3.90. The third-order valence-electron chi connectivity index (χ3n) is 3.90. The molecule has 4 N–H and O–H groups in total. The second-order valence-corrected chi connectivity index (χ2v) is 5.21. The zero-order chi connectivity index (χ0) is 15.4. The molecule has 1 aliphatic rings. The molecule has 6 nitrogen and oxygen atoms in total. The number of fused-ring (bicyclic) bond motifs is 1. The molecule has 2 atom stereocenters. The normalized spacial score (nSPS) is 19.0. The average molecular weight is 291 g/mol. The largest absolute Gasteiger partial charge is 0.380 e. The van der Waals surface area contributed by atoms with Gasteiger partial charge in [0.1, 0.15) is 6.04 Å². The fourth-order valence-corrected chi connectivity index (χ4v) is 2.61. The Balaban J connectivity index is 2.20. The molecule has 1 aromatic rings. The van der Waals surface area contributed by atoms with Crippen molar-refractivity contribution in [2.75, 3.05) is 13.7 Å². The van der Waals surface area contributed by atoms with Crippen molar-refractivity contribution in [3.8, 4) is 0 Å². The maximum absolute atomic E-state index is 12.4. The first-order valence-electron chi connectivity index (χ1n) is 6.95. The highest BCUT2D eigenvalue weighted by Crippen LogP contribution is 2.24. The number of primary amides is 1. The number of hydrogen-bond acceptors (Lipinski definition) is 4. The van der Waals surface area contributed by atoms with Crippen LogP contribution in [0.1, 0.15) is 17.5 Å². The van der Waals surface area contributed by atoms with Gasteiger partial charge in [-0.3, -0.25) is 9.59 Å². The number of nitrogens with zero attached hydrogens (tertiary/aromatic N) is 1. The lowest BCUT2D eigenvalue weighted by Crippen LogP contribution is -2.52. The fraction of sp³-hybridized carbons (Fsp3) is 0.467. The van der Waals surface area contributed by atoms with Crippen LogP contribution in [0.25, 0.3) is 0 Å². The molecule has 6 heteroatoms. The van der Waals surface area contributed by atoms with Crippen molar-refractivity contribution in [2.45, 2.75) is 31.5 Å². The number of ether oxygens (including phenoxy) is 1. The monoisotopic (exact) mass is 291 g/mol. The number of carbonyl (C=O) groups excluding carboxylic acids is 2. The van der Waals surface area contributed by atoms with Crippen LogP contribution in [0.15, 0.2) is 24.3 Å². The number of rotatable bonds is 5. The highest BCUT2D eigenvalue weighted by atomic mass is 16.5. The molecule has 1 heterocycles. The van der Waals surface area contributed by atoms with E-state index in [0.717, 1.165) is 11.1 Å². The Hall–Kier alpha value is -1.92. The van der Waals surface area contributed by atoms with E-state index in [1.165, 1.54) is 12.0 Å². The standard InChI is InChI=1S/C15H21N3O3/c1-21-12(8-16)7-14(19)18-9-11-5-3-2-4-10(11)6-13(18)15(17)20/h2-5,12-13H,6-9,16H2,1H3,(H2,17,20)/t12?,13-/m0/s1. The summed E-state index contributed by atoms with van der Waals surface area (Å²) in [7, 11) is 1.52. The lowest BCUT2D eigenvalue weighted by atomic mass is 9.93. The van der Waals surface area contributed by atoms with Crippen LogP contribution in [0.2, 0.25) is 0 Å².